The van der Waals surface area contributed by atoms with Crippen LogP contribution in [0.1, 0.15) is 52.4 Å². The fourth-order valence-electron chi connectivity index (χ4n) is 4.53. The number of piperazine rings is 1. The van der Waals surface area contributed by atoms with Gasteiger partial charge < -0.3 is 24.4 Å². The van der Waals surface area contributed by atoms with Crippen LogP contribution in [0.2, 0.25) is 0 Å². The van der Waals surface area contributed by atoms with E-state index >= 15 is 0 Å². The Hall–Kier alpha value is -2.44. The van der Waals surface area contributed by atoms with Gasteiger partial charge in [-0.15, -0.1) is 0 Å². The summed E-state index contributed by atoms with van der Waals surface area (Å²) >= 11 is 0. The molecule has 1 saturated carbocycles. The van der Waals surface area contributed by atoms with Gasteiger partial charge in [0.15, 0.2) is 11.5 Å². The number of rotatable bonds is 8. The predicted octanol–water partition coefficient (Wildman–Crippen LogP) is 3.55. The Bertz CT molecular complexity index is 745. The molecule has 1 atom stereocenters. The number of carbonyl (C=O) groups excluding carboxylic acids is 1. The standard InChI is InChI=1S/C23H34N2O5/c1-16(2)12-18-15-24(10-11-25(18)22(26)14-23(27)28)17-8-9-20(29-3)21(13-17)30-19-6-4-5-7-19/h8-9,13,16,18-19H,4-7,10-12,14-15H2,1-3H3,(H,27,28). The van der Waals surface area contributed by atoms with E-state index in [9.17, 15) is 9.59 Å². The molecule has 2 fully saturated rings. The quantitative estimate of drug-likeness (QED) is 0.651. The molecule has 0 bridgehead atoms. The highest BCUT2D eigenvalue weighted by atomic mass is 16.5. The van der Waals surface area contributed by atoms with Crippen LogP contribution in [-0.4, -0.2) is 60.8 Å². The van der Waals surface area contributed by atoms with E-state index in [4.69, 9.17) is 14.6 Å². The van der Waals surface area contributed by atoms with Crippen molar-refractivity contribution < 1.29 is 24.2 Å². The van der Waals surface area contributed by atoms with Crippen LogP contribution >= 0.6 is 0 Å². The van der Waals surface area contributed by atoms with E-state index in [-0.39, 0.29) is 18.1 Å². The zero-order valence-electron chi connectivity index (χ0n) is 18.3. The molecule has 30 heavy (non-hydrogen) atoms. The highest BCUT2D eigenvalue weighted by Gasteiger charge is 2.32. The lowest BCUT2D eigenvalue weighted by Crippen LogP contribution is -2.56. The van der Waals surface area contributed by atoms with Gasteiger partial charge in [-0.25, -0.2) is 0 Å². The highest BCUT2D eigenvalue weighted by Crippen LogP contribution is 2.36. The third-order valence-corrected chi connectivity index (χ3v) is 5.96. The largest absolute Gasteiger partial charge is 0.493 e. The third kappa shape index (κ3) is 5.58. The number of anilines is 1. The van der Waals surface area contributed by atoms with Gasteiger partial charge in [-0.3, -0.25) is 9.59 Å². The SMILES string of the molecule is COc1ccc(N2CCN(C(=O)CC(=O)O)C(CC(C)C)C2)cc1OC1CCCC1. The maximum Gasteiger partial charge on any atom is 0.312 e. The number of nitrogens with zero attached hydrogens (tertiary/aromatic N) is 2. The van der Waals surface area contributed by atoms with E-state index in [1.807, 2.05) is 18.2 Å². The summed E-state index contributed by atoms with van der Waals surface area (Å²) in [5, 5.41) is 9.03. The Labute approximate surface area is 178 Å². The highest BCUT2D eigenvalue weighted by molar-refractivity contribution is 5.93. The van der Waals surface area contributed by atoms with Crippen molar-refractivity contribution in [2.45, 2.75) is 64.5 Å². The van der Waals surface area contributed by atoms with Crippen molar-refractivity contribution in [1.82, 2.24) is 4.90 Å². The Morgan fingerprint density at radius 1 is 1.17 bits per heavy atom. The summed E-state index contributed by atoms with van der Waals surface area (Å²) in [6.07, 6.45) is 5.20. The number of carboxylic acid groups (broad SMARTS) is 1. The Morgan fingerprint density at radius 3 is 2.53 bits per heavy atom. The van der Waals surface area contributed by atoms with Crippen LogP contribution < -0.4 is 14.4 Å². The average Bonchev–Trinajstić information content (AvgIpc) is 3.20. The lowest BCUT2D eigenvalue weighted by Gasteiger charge is -2.43. The lowest BCUT2D eigenvalue weighted by atomic mass is 9.99. The first-order valence-electron chi connectivity index (χ1n) is 11.0. The topological polar surface area (TPSA) is 79.3 Å². The predicted molar refractivity (Wildman–Crippen MR) is 115 cm³/mol. The summed E-state index contributed by atoms with van der Waals surface area (Å²) in [5.74, 6) is 0.543. The maximum absolute atomic E-state index is 12.5. The van der Waals surface area contributed by atoms with Gasteiger partial charge in [0, 0.05) is 37.4 Å². The van der Waals surface area contributed by atoms with Crippen molar-refractivity contribution in [3.63, 3.8) is 0 Å². The first-order chi connectivity index (χ1) is 14.4. The molecule has 2 aliphatic rings. The summed E-state index contributed by atoms with van der Waals surface area (Å²) in [6.45, 7) is 6.11. The van der Waals surface area contributed by atoms with Gasteiger partial charge in [-0.05, 0) is 50.2 Å². The number of carbonyl (C=O) groups is 2. The van der Waals surface area contributed by atoms with Gasteiger partial charge in [-0.1, -0.05) is 13.8 Å². The molecule has 1 heterocycles. The fraction of sp³-hybridized carbons (Fsp3) is 0.652. The van der Waals surface area contributed by atoms with Crippen molar-refractivity contribution in [3.8, 4) is 11.5 Å². The van der Waals surface area contributed by atoms with Crippen LogP contribution in [0.25, 0.3) is 0 Å². The summed E-state index contributed by atoms with van der Waals surface area (Å²) in [5.41, 5.74) is 1.04. The smallest absolute Gasteiger partial charge is 0.312 e. The monoisotopic (exact) mass is 418 g/mol. The summed E-state index contributed by atoms with van der Waals surface area (Å²) in [4.78, 5) is 27.5. The van der Waals surface area contributed by atoms with Gasteiger partial charge in [0.25, 0.3) is 0 Å². The number of hydrogen-bond donors (Lipinski definition) is 1. The molecule has 0 aromatic heterocycles. The van der Waals surface area contributed by atoms with Crippen molar-refractivity contribution in [2.75, 3.05) is 31.6 Å². The lowest BCUT2D eigenvalue weighted by molar-refractivity contribution is -0.145. The third-order valence-electron chi connectivity index (χ3n) is 5.96. The molecular weight excluding hydrogens is 384 g/mol. The molecule has 1 saturated heterocycles. The molecule has 7 heteroatoms. The second-order valence-electron chi connectivity index (χ2n) is 8.75. The van der Waals surface area contributed by atoms with E-state index in [0.29, 0.717) is 25.6 Å². The van der Waals surface area contributed by atoms with Crippen molar-refractivity contribution >= 4 is 17.6 Å². The number of ether oxygens (including phenoxy) is 2. The second-order valence-corrected chi connectivity index (χ2v) is 8.75. The van der Waals surface area contributed by atoms with Crippen LogP contribution in [0.4, 0.5) is 5.69 Å². The van der Waals surface area contributed by atoms with Crippen molar-refractivity contribution in [2.24, 2.45) is 5.92 Å². The normalized spacial score (nSPS) is 19.9. The molecule has 1 aliphatic carbocycles. The molecular formula is C23H34N2O5. The van der Waals surface area contributed by atoms with Gasteiger partial charge in [-0.2, -0.15) is 0 Å². The molecule has 1 aliphatic heterocycles. The molecule has 1 unspecified atom stereocenters. The van der Waals surface area contributed by atoms with E-state index in [2.05, 4.69) is 18.7 Å². The average molecular weight is 419 g/mol. The van der Waals surface area contributed by atoms with Gasteiger partial charge in [0.2, 0.25) is 5.91 Å². The molecule has 3 rings (SSSR count). The van der Waals surface area contributed by atoms with Crippen LogP contribution in [0.3, 0.4) is 0 Å². The Morgan fingerprint density at radius 2 is 1.90 bits per heavy atom. The summed E-state index contributed by atoms with van der Waals surface area (Å²) in [6, 6.07) is 6.01. The van der Waals surface area contributed by atoms with Gasteiger partial charge in [0.1, 0.15) is 6.42 Å². The van der Waals surface area contributed by atoms with E-state index in [1.165, 1.54) is 12.8 Å². The van der Waals surface area contributed by atoms with Crippen molar-refractivity contribution in [3.05, 3.63) is 18.2 Å². The van der Waals surface area contributed by atoms with Crippen molar-refractivity contribution in [1.29, 1.82) is 0 Å². The number of methoxy groups -OCH3 is 1. The number of hydrogen-bond acceptors (Lipinski definition) is 5. The zero-order valence-corrected chi connectivity index (χ0v) is 18.3. The van der Waals surface area contributed by atoms with E-state index < -0.39 is 12.4 Å². The van der Waals surface area contributed by atoms with Gasteiger partial charge in [0.05, 0.1) is 13.2 Å². The second kappa shape index (κ2) is 10.0. The number of amides is 1. The molecule has 166 valence electrons. The minimum absolute atomic E-state index is 0.00750. The number of benzene rings is 1. The Balaban J connectivity index is 1.76. The molecule has 0 radical (unpaired) electrons. The van der Waals surface area contributed by atoms with Crippen LogP contribution in [0.5, 0.6) is 11.5 Å². The summed E-state index contributed by atoms with van der Waals surface area (Å²) < 4.78 is 11.7. The molecule has 1 N–H and O–H groups in total. The van der Waals surface area contributed by atoms with E-state index in [1.54, 1.807) is 12.0 Å². The zero-order chi connectivity index (χ0) is 21.7. The van der Waals surface area contributed by atoms with Crippen LogP contribution in [0, 0.1) is 5.92 Å². The first-order valence-corrected chi connectivity index (χ1v) is 11.0. The minimum Gasteiger partial charge on any atom is -0.493 e. The van der Waals surface area contributed by atoms with Crippen LogP contribution in [-0.2, 0) is 9.59 Å². The van der Waals surface area contributed by atoms with Crippen LogP contribution in [0.15, 0.2) is 18.2 Å². The molecule has 0 spiro atoms. The molecule has 1 amide bonds. The molecule has 1 aromatic rings. The fourth-order valence-corrected chi connectivity index (χ4v) is 4.53. The first kappa shape index (κ1) is 22.2. The minimum atomic E-state index is -1.07. The van der Waals surface area contributed by atoms with Gasteiger partial charge >= 0.3 is 5.97 Å². The van der Waals surface area contributed by atoms with E-state index in [0.717, 1.165) is 36.4 Å². The Kier molecular flexibility index (Phi) is 7.45. The number of aliphatic carboxylic acids is 1. The summed E-state index contributed by atoms with van der Waals surface area (Å²) in [7, 11) is 1.65. The number of carboxylic acids is 1. The molecule has 7 nitrogen and oxygen atoms in total. The molecule has 1 aromatic carbocycles. The maximum atomic E-state index is 12.5.